The predicted octanol–water partition coefficient (Wildman–Crippen LogP) is 5.92. The number of amidine groups is 1. The molecule has 26 heavy (non-hydrogen) atoms. The maximum Gasteiger partial charge on any atom is 0.202 e. The molecule has 0 atom stereocenters. The number of benzene rings is 2. The summed E-state index contributed by atoms with van der Waals surface area (Å²) in [6, 6.07) is 17.1. The molecule has 134 valence electrons. The van der Waals surface area contributed by atoms with E-state index in [0.29, 0.717) is 5.11 Å². The summed E-state index contributed by atoms with van der Waals surface area (Å²) in [5.74, 6) is 1.01. The summed E-state index contributed by atoms with van der Waals surface area (Å²) in [6.45, 7) is 2.11. The third kappa shape index (κ3) is 3.27. The monoisotopic (exact) mass is 475 g/mol. The zero-order valence-corrected chi connectivity index (χ0v) is 17.8. The Balaban J connectivity index is 1.73. The van der Waals surface area contributed by atoms with Gasteiger partial charge in [0, 0.05) is 14.9 Å². The van der Waals surface area contributed by atoms with Crippen molar-refractivity contribution in [2.75, 3.05) is 10.2 Å². The number of thiocarbonyl (C=S) groups is 1. The number of hydrogen-bond acceptors (Lipinski definition) is 2. The van der Waals surface area contributed by atoms with Crippen molar-refractivity contribution >= 4 is 57.1 Å². The van der Waals surface area contributed by atoms with Crippen LogP contribution in [0.25, 0.3) is 0 Å². The van der Waals surface area contributed by atoms with Crippen molar-refractivity contribution in [1.82, 2.24) is 0 Å². The number of rotatable bonds is 2. The minimum Gasteiger partial charge on any atom is -0.342 e. The number of hydrogen-bond donors (Lipinski definition) is 1. The number of aliphatic imine (C=N–C) groups is 1. The first-order valence-electron chi connectivity index (χ1n) is 9.11. The van der Waals surface area contributed by atoms with E-state index in [1.807, 2.05) is 0 Å². The molecule has 3 nitrogen and oxygen atoms in total. The average Bonchev–Trinajstić information content (AvgIpc) is 2.88. The van der Waals surface area contributed by atoms with Crippen molar-refractivity contribution in [3.05, 3.63) is 57.7 Å². The van der Waals surface area contributed by atoms with Crippen LogP contribution in [0.5, 0.6) is 0 Å². The molecular formula is C21H22IN3S. The fourth-order valence-corrected chi connectivity index (χ4v) is 4.82. The molecule has 5 heteroatoms. The lowest BCUT2D eigenvalue weighted by Gasteiger charge is -2.42. The van der Waals surface area contributed by atoms with Crippen LogP contribution in [-0.4, -0.2) is 16.5 Å². The molecule has 0 saturated heterocycles. The van der Waals surface area contributed by atoms with Gasteiger partial charge in [-0.15, -0.1) is 0 Å². The Bertz CT molecular complexity index is 854. The molecule has 1 heterocycles. The van der Waals surface area contributed by atoms with Crippen LogP contribution in [-0.2, 0) is 0 Å². The summed E-state index contributed by atoms with van der Waals surface area (Å²) < 4.78 is 1.23. The summed E-state index contributed by atoms with van der Waals surface area (Å²) in [7, 11) is 0. The quantitative estimate of drug-likeness (QED) is 0.432. The van der Waals surface area contributed by atoms with Crippen LogP contribution >= 0.6 is 34.8 Å². The summed E-state index contributed by atoms with van der Waals surface area (Å²) >= 11 is 8.07. The van der Waals surface area contributed by atoms with Gasteiger partial charge in [-0.05, 0) is 96.5 Å². The number of aryl methyl sites for hydroxylation is 1. The van der Waals surface area contributed by atoms with Crippen LogP contribution in [0.4, 0.5) is 11.4 Å². The molecule has 0 aromatic heterocycles. The fourth-order valence-electron chi connectivity index (χ4n) is 4.09. The van der Waals surface area contributed by atoms with Crippen LogP contribution < -0.4 is 10.2 Å². The number of nitrogens with one attached hydrogen (secondary N) is 1. The smallest absolute Gasteiger partial charge is 0.202 e. The second kappa shape index (κ2) is 7.27. The van der Waals surface area contributed by atoms with Crippen molar-refractivity contribution in [1.29, 1.82) is 0 Å². The fraction of sp³-hybridized carbons (Fsp3) is 0.333. The van der Waals surface area contributed by atoms with E-state index < -0.39 is 0 Å². The van der Waals surface area contributed by atoms with E-state index in [9.17, 15) is 0 Å². The number of halogens is 1. The highest BCUT2D eigenvalue weighted by molar-refractivity contribution is 14.1. The molecule has 2 aromatic carbocycles. The maximum atomic E-state index is 5.72. The van der Waals surface area contributed by atoms with Gasteiger partial charge < -0.3 is 10.2 Å². The minimum atomic E-state index is -0.147. The Hall–Kier alpha value is -1.47. The molecule has 1 spiro atoms. The Morgan fingerprint density at radius 1 is 1.08 bits per heavy atom. The van der Waals surface area contributed by atoms with Gasteiger partial charge in [0.1, 0.15) is 11.4 Å². The molecule has 1 aliphatic heterocycles. The van der Waals surface area contributed by atoms with Crippen molar-refractivity contribution in [2.24, 2.45) is 4.99 Å². The normalized spacial score (nSPS) is 18.9. The lowest BCUT2D eigenvalue weighted by atomic mass is 9.79. The van der Waals surface area contributed by atoms with Crippen LogP contribution in [0.2, 0.25) is 0 Å². The van der Waals surface area contributed by atoms with Gasteiger partial charge in [-0.25, -0.2) is 4.99 Å². The van der Waals surface area contributed by atoms with E-state index in [4.69, 9.17) is 17.2 Å². The molecule has 0 bridgehead atoms. The van der Waals surface area contributed by atoms with Crippen molar-refractivity contribution in [2.45, 2.75) is 44.6 Å². The van der Waals surface area contributed by atoms with Crippen LogP contribution in [0, 0.1) is 10.5 Å². The molecular weight excluding hydrogens is 453 g/mol. The average molecular weight is 475 g/mol. The van der Waals surface area contributed by atoms with E-state index in [-0.39, 0.29) is 5.54 Å². The van der Waals surface area contributed by atoms with Crippen molar-refractivity contribution in [3.8, 4) is 0 Å². The Kier molecular flexibility index (Phi) is 5.01. The third-order valence-corrected chi connectivity index (χ3v) is 6.31. The second-order valence-electron chi connectivity index (χ2n) is 7.14. The van der Waals surface area contributed by atoms with Gasteiger partial charge in [-0.2, -0.15) is 0 Å². The van der Waals surface area contributed by atoms with E-state index in [1.165, 1.54) is 28.4 Å². The molecule has 1 fully saturated rings. The van der Waals surface area contributed by atoms with Crippen molar-refractivity contribution < 1.29 is 0 Å². The van der Waals surface area contributed by atoms with Crippen LogP contribution in [0.1, 0.15) is 37.7 Å². The molecule has 0 amide bonds. The SMILES string of the molecule is Cc1cccc(NC2=NC(=S)N(c3ccc(I)cc3)C23CCCCC3)c1. The van der Waals surface area contributed by atoms with Crippen LogP contribution in [0.15, 0.2) is 53.5 Å². The molecule has 1 saturated carbocycles. The number of anilines is 2. The first-order valence-corrected chi connectivity index (χ1v) is 10.6. The molecule has 1 N–H and O–H groups in total. The highest BCUT2D eigenvalue weighted by atomic mass is 127. The molecule has 2 aromatic rings. The molecule has 2 aliphatic rings. The van der Waals surface area contributed by atoms with Gasteiger partial charge in [-0.3, -0.25) is 0 Å². The topological polar surface area (TPSA) is 27.6 Å². The summed E-state index contributed by atoms with van der Waals surface area (Å²) in [4.78, 5) is 7.12. The summed E-state index contributed by atoms with van der Waals surface area (Å²) in [5, 5.41) is 4.27. The van der Waals surface area contributed by atoms with Crippen molar-refractivity contribution in [3.63, 3.8) is 0 Å². The lowest BCUT2D eigenvalue weighted by Crippen LogP contribution is -2.55. The lowest BCUT2D eigenvalue weighted by molar-refractivity contribution is 0.386. The standard InChI is InChI=1S/C21H22IN3S/c1-15-6-5-7-17(14-15)23-19-21(12-3-2-4-13-21)25(20(26)24-19)18-10-8-16(22)9-11-18/h5-11,14H,2-4,12-13H2,1H3,(H,23,24,26). The maximum absolute atomic E-state index is 5.72. The van der Waals surface area contributed by atoms with E-state index in [0.717, 1.165) is 30.1 Å². The zero-order valence-electron chi connectivity index (χ0n) is 14.8. The van der Waals surface area contributed by atoms with Gasteiger partial charge in [0.25, 0.3) is 0 Å². The molecule has 1 aliphatic carbocycles. The Morgan fingerprint density at radius 3 is 2.50 bits per heavy atom. The number of nitrogens with zero attached hydrogens (tertiary/aromatic N) is 2. The van der Waals surface area contributed by atoms with E-state index in [1.54, 1.807) is 0 Å². The summed E-state index contributed by atoms with van der Waals surface area (Å²) in [5.41, 5.74) is 3.32. The highest BCUT2D eigenvalue weighted by Crippen LogP contribution is 2.42. The first kappa shape index (κ1) is 17.9. The molecule has 4 rings (SSSR count). The minimum absolute atomic E-state index is 0.147. The van der Waals surface area contributed by atoms with Gasteiger partial charge in [0.15, 0.2) is 0 Å². The predicted molar refractivity (Wildman–Crippen MR) is 122 cm³/mol. The van der Waals surface area contributed by atoms with Gasteiger partial charge in [0.2, 0.25) is 5.11 Å². The Morgan fingerprint density at radius 2 is 1.81 bits per heavy atom. The largest absolute Gasteiger partial charge is 0.342 e. The zero-order chi connectivity index (χ0) is 18.1. The Labute approximate surface area is 174 Å². The van der Waals surface area contributed by atoms with Crippen LogP contribution in [0.3, 0.4) is 0 Å². The van der Waals surface area contributed by atoms with E-state index >= 15 is 0 Å². The van der Waals surface area contributed by atoms with Gasteiger partial charge in [-0.1, -0.05) is 31.4 Å². The van der Waals surface area contributed by atoms with Gasteiger partial charge in [0.05, 0.1) is 0 Å². The van der Waals surface area contributed by atoms with E-state index in [2.05, 4.69) is 88.3 Å². The third-order valence-electron chi connectivity index (χ3n) is 5.31. The molecule has 0 radical (unpaired) electrons. The highest BCUT2D eigenvalue weighted by Gasteiger charge is 2.49. The second-order valence-corrected chi connectivity index (χ2v) is 8.75. The first-order chi connectivity index (χ1) is 12.6. The summed E-state index contributed by atoms with van der Waals surface area (Å²) in [6.07, 6.45) is 5.86. The molecule has 0 unspecified atom stereocenters. The van der Waals surface area contributed by atoms with Gasteiger partial charge >= 0.3 is 0 Å².